The van der Waals surface area contributed by atoms with Crippen molar-refractivity contribution in [3.05, 3.63) is 28.8 Å². The molecule has 0 radical (unpaired) electrons. The standard InChI is InChI=1S/C12H17ClO3S/c1-9(2)6-7-17(14,15)16-11-4-5-12(13)10(3)8-11/h4-5,8-9H,6-7H2,1-3H3. The maximum Gasteiger partial charge on any atom is 0.309 e. The SMILES string of the molecule is Cc1cc(OS(=O)(=O)CCC(C)C)ccc1Cl. The summed E-state index contributed by atoms with van der Waals surface area (Å²) < 4.78 is 28.3. The molecule has 0 saturated carbocycles. The van der Waals surface area contributed by atoms with Crippen LogP contribution in [0.4, 0.5) is 0 Å². The second-order valence-corrected chi connectivity index (χ2v) is 6.54. The lowest BCUT2D eigenvalue weighted by atomic mass is 10.2. The van der Waals surface area contributed by atoms with Crippen molar-refractivity contribution in [2.45, 2.75) is 27.2 Å². The quantitative estimate of drug-likeness (QED) is 0.774. The first-order valence-corrected chi connectivity index (χ1v) is 7.44. The normalized spacial score (nSPS) is 11.8. The molecular formula is C12H17ClO3S. The zero-order chi connectivity index (χ0) is 13.1. The second kappa shape index (κ2) is 5.74. The van der Waals surface area contributed by atoms with E-state index in [1.807, 2.05) is 13.8 Å². The molecule has 1 aromatic carbocycles. The Balaban J connectivity index is 2.73. The summed E-state index contributed by atoms with van der Waals surface area (Å²) in [5.74, 6) is 0.683. The van der Waals surface area contributed by atoms with Crippen LogP contribution in [0.15, 0.2) is 18.2 Å². The third-order valence-corrected chi connectivity index (χ3v) is 3.90. The molecule has 0 unspecified atom stereocenters. The first-order valence-electron chi connectivity index (χ1n) is 5.48. The van der Waals surface area contributed by atoms with Gasteiger partial charge in [-0.2, -0.15) is 8.42 Å². The molecular weight excluding hydrogens is 260 g/mol. The van der Waals surface area contributed by atoms with E-state index in [0.717, 1.165) is 5.56 Å². The van der Waals surface area contributed by atoms with Crippen LogP contribution >= 0.6 is 11.6 Å². The summed E-state index contributed by atoms with van der Waals surface area (Å²) >= 11 is 5.85. The summed E-state index contributed by atoms with van der Waals surface area (Å²) in [5, 5.41) is 0.594. The Kier molecular flexibility index (Phi) is 4.83. The minimum atomic E-state index is -3.50. The van der Waals surface area contributed by atoms with Crippen LogP contribution in [0, 0.1) is 12.8 Å². The van der Waals surface area contributed by atoms with E-state index in [4.69, 9.17) is 15.8 Å². The summed E-state index contributed by atoms with van der Waals surface area (Å²) in [6, 6.07) is 4.81. The van der Waals surface area contributed by atoms with Gasteiger partial charge < -0.3 is 4.18 Å². The highest BCUT2D eigenvalue weighted by Crippen LogP contribution is 2.22. The van der Waals surface area contributed by atoms with E-state index < -0.39 is 10.1 Å². The number of aryl methyl sites for hydroxylation is 1. The number of halogens is 1. The van der Waals surface area contributed by atoms with Crippen LogP contribution in [0.1, 0.15) is 25.8 Å². The van der Waals surface area contributed by atoms with Crippen molar-refractivity contribution in [2.24, 2.45) is 5.92 Å². The van der Waals surface area contributed by atoms with E-state index >= 15 is 0 Å². The van der Waals surface area contributed by atoms with E-state index in [9.17, 15) is 8.42 Å². The largest absolute Gasteiger partial charge is 0.382 e. The summed E-state index contributed by atoms with van der Waals surface area (Å²) in [4.78, 5) is 0. The van der Waals surface area contributed by atoms with Crippen molar-refractivity contribution in [3.63, 3.8) is 0 Å². The highest BCUT2D eigenvalue weighted by Gasteiger charge is 2.14. The Morgan fingerprint density at radius 1 is 1.35 bits per heavy atom. The Labute approximate surface area is 108 Å². The average Bonchev–Trinajstić information content (AvgIpc) is 2.21. The van der Waals surface area contributed by atoms with Gasteiger partial charge in [-0.25, -0.2) is 0 Å². The first-order chi connectivity index (χ1) is 7.80. The number of rotatable bonds is 5. The van der Waals surface area contributed by atoms with Gasteiger partial charge >= 0.3 is 10.1 Å². The summed E-state index contributed by atoms with van der Waals surface area (Å²) in [5.41, 5.74) is 0.795. The van der Waals surface area contributed by atoms with Crippen LogP contribution in [0.5, 0.6) is 5.75 Å². The molecule has 0 bridgehead atoms. The maximum absolute atomic E-state index is 11.6. The van der Waals surface area contributed by atoms with E-state index in [1.165, 1.54) is 0 Å². The van der Waals surface area contributed by atoms with Gasteiger partial charge in [0, 0.05) is 5.02 Å². The highest BCUT2D eigenvalue weighted by molar-refractivity contribution is 7.87. The third-order valence-electron chi connectivity index (χ3n) is 2.30. The first kappa shape index (κ1) is 14.3. The molecule has 1 rings (SSSR count). The van der Waals surface area contributed by atoms with Gasteiger partial charge in [0.2, 0.25) is 0 Å². The Hall–Kier alpha value is -0.740. The third kappa shape index (κ3) is 4.96. The lowest BCUT2D eigenvalue weighted by Crippen LogP contribution is -2.15. The van der Waals surface area contributed by atoms with Crippen molar-refractivity contribution in [3.8, 4) is 5.75 Å². The molecule has 0 saturated heterocycles. The van der Waals surface area contributed by atoms with Crippen molar-refractivity contribution in [1.82, 2.24) is 0 Å². The summed E-state index contributed by atoms with van der Waals surface area (Å²) in [6.07, 6.45) is 0.592. The zero-order valence-electron chi connectivity index (χ0n) is 10.2. The fourth-order valence-electron chi connectivity index (χ4n) is 1.24. The molecule has 0 spiro atoms. The Morgan fingerprint density at radius 2 is 2.00 bits per heavy atom. The molecule has 0 amide bonds. The lowest BCUT2D eigenvalue weighted by molar-refractivity contribution is 0.477. The number of hydrogen-bond donors (Lipinski definition) is 0. The Bertz CT molecular complexity index is 481. The molecule has 0 heterocycles. The van der Waals surface area contributed by atoms with Crippen molar-refractivity contribution in [1.29, 1.82) is 0 Å². The zero-order valence-corrected chi connectivity index (χ0v) is 11.8. The molecule has 1 aromatic rings. The fourth-order valence-corrected chi connectivity index (χ4v) is 2.60. The van der Waals surface area contributed by atoms with Crippen molar-refractivity contribution < 1.29 is 12.6 Å². The monoisotopic (exact) mass is 276 g/mol. The fraction of sp³-hybridized carbons (Fsp3) is 0.500. The lowest BCUT2D eigenvalue weighted by Gasteiger charge is -2.09. The molecule has 17 heavy (non-hydrogen) atoms. The minimum absolute atomic E-state index is 0.0341. The average molecular weight is 277 g/mol. The minimum Gasteiger partial charge on any atom is -0.382 e. The highest BCUT2D eigenvalue weighted by atomic mass is 35.5. The van der Waals surface area contributed by atoms with E-state index in [-0.39, 0.29) is 5.75 Å². The van der Waals surface area contributed by atoms with Crippen LogP contribution in [0.25, 0.3) is 0 Å². The van der Waals surface area contributed by atoms with Gasteiger partial charge in [0.25, 0.3) is 0 Å². The van der Waals surface area contributed by atoms with Crippen LogP contribution in [-0.4, -0.2) is 14.2 Å². The number of benzene rings is 1. The maximum atomic E-state index is 11.6. The predicted octanol–water partition coefficient (Wildman–Crippen LogP) is 3.40. The summed E-state index contributed by atoms with van der Waals surface area (Å²) in [7, 11) is -3.50. The topological polar surface area (TPSA) is 43.4 Å². The molecule has 0 aromatic heterocycles. The van der Waals surface area contributed by atoms with Crippen molar-refractivity contribution >= 4 is 21.7 Å². The van der Waals surface area contributed by atoms with Gasteiger partial charge in [-0.3, -0.25) is 0 Å². The molecule has 3 nitrogen and oxygen atoms in total. The molecule has 0 aliphatic rings. The molecule has 0 fully saturated rings. The van der Waals surface area contributed by atoms with Crippen LogP contribution in [0.2, 0.25) is 5.02 Å². The Morgan fingerprint density at radius 3 is 2.53 bits per heavy atom. The molecule has 0 atom stereocenters. The smallest absolute Gasteiger partial charge is 0.309 e. The molecule has 0 aliphatic heterocycles. The van der Waals surface area contributed by atoms with Crippen molar-refractivity contribution in [2.75, 3.05) is 5.75 Å². The molecule has 96 valence electrons. The van der Waals surface area contributed by atoms with Gasteiger partial charge in [0.05, 0.1) is 5.75 Å². The molecule has 0 aliphatic carbocycles. The molecule has 0 N–H and O–H groups in total. The molecule has 5 heteroatoms. The predicted molar refractivity (Wildman–Crippen MR) is 70.1 cm³/mol. The van der Waals surface area contributed by atoms with Crippen LogP contribution in [-0.2, 0) is 10.1 Å². The van der Waals surface area contributed by atoms with Gasteiger partial charge in [-0.15, -0.1) is 0 Å². The number of hydrogen-bond acceptors (Lipinski definition) is 3. The van der Waals surface area contributed by atoms with E-state index in [2.05, 4.69) is 0 Å². The van der Waals surface area contributed by atoms with Gasteiger partial charge in [0.15, 0.2) is 0 Å². The van der Waals surface area contributed by atoms with E-state index in [1.54, 1.807) is 25.1 Å². The van der Waals surface area contributed by atoms with Gasteiger partial charge in [0.1, 0.15) is 5.75 Å². The van der Waals surface area contributed by atoms with Gasteiger partial charge in [-0.1, -0.05) is 25.4 Å². The van der Waals surface area contributed by atoms with Crippen LogP contribution < -0.4 is 4.18 Å². The van der Waals surface area contributed by atoms with Gasteiger partial charge in [-0.05, 0) is 43.0 Å². The summed E-state index contributed by atoms with van der Waals surface area (Å²) in [6.45, 7) is 5.75. The van der Waals surface area contributed by atoms with Crippen LogP contribution in [0.3, 0.4) is 0 Å². The second-order valence-electron chi connectivity index (χ2n) is 4.44. The van der Waals surface area contributed by atoms with E-state index in [0.29, 0.717) is 23.1 Å².